The normalized spacial score (nSPS) is 12.3. The second kappa shape index (κ2) is 66.9. The molecule has 0 aliphatic rings. The summed E-state index contributed by atoms with van der Waals surface area (Å²) in [7, 11) is 0. The monoisotopic (exact) mass is 1090 g/mol. The van der Waals surface area contributed by atoms with E-state index in [-0.39, 0.29) is 31.1 Å². The number of rotatable bonds is 64. The van der Waals surface area contributed by atoms with Crippen LogP contribution in [0.4, 0.5) is 0 Å². The zero-order valence-electron chi connectivity index (χ0n) is 52.5. The van der Waals surface area contributed by atoms with E-state index in [0.717, 1.165) is 77.0 Å². The topological polar surface area (TPSA) is 78.9 Å². The SMILES string of the molecule is CCCCC/C=C\C/C=C\CCCCCCCCCC(=O)OCC(COC(=O)CCCCCCCCCCCCC/C=C\C/C=C\CCCCCCC)OC(=O)CCCCCCCCCCCCCCCCCCCCCC. The van der Waals surface area contributed by atoms with E-state index < -0.39 is 6.10 Å². The Morgan fingerprint density at radius 3 is 0.731 bits per heavy atom. The van der Waals surface area contributed by atoms with Gasteiger partial charge in [-0.15, -0.1) is 0 Å². The fourth-order valence-electron chi connectivity index (χ4n) is 10.3. The van der Waals surface area contributed by atoms with Crippen LogP contribution in [0.25, 0.3) is 0 Å². The van der Waals surface area contributed by atoms with Crippen LogP contribution >= 0.6 is 0 Å². The van der Waals surface area contributed by atoms with Crippen molar-refractivity contribution in [1.29, 1.82) is 0 Å². The van der Waals surface area contributed by atoms with Crippen molar-refractivity contribution in [3.8, 4) is 0 Å². The van der Waals surface area contributed by atoms with Crippen molar-refractivity contribution in [2.75, 3.05) is 13.2 Å². The van der Waals surface area contributed by atoms with Gasteiger partial charge in [0.1, 0.15) is 13.2 Å². The summed E-state index contributed by atoms with van der Waals surface area (Å²) in [6, 6.07) is 0. The molecule has 0 heterocycles. The highest BCUT2D eigenvalue weighted by atomic mass is 16.6. The molecule has 0 radical (unpaired) electrons. The molecule has 1 unspecified atom stereocenters. The minimum absolute atomic E-state index is 0.0727. The van der Waals surface area contributed by atoms with Crippen molar-refractivity contribution in [1.82, 2.24) is 0 Å². The van der Waals surface area contributed by atoms with Crippen LogP contribution in [0.2, 0.25) is 0 Å². The fraction of sp³-hybridized carbons (Fsp3) is 0.847. The molecule has 0 aromatic rings. The highest BCUT2D eigenvalue weighted by molar-refractivity contribution is 5.71. The number of carbonyl (C=O) groups excluding carboxylic acids is 3. The van der Waals surface area contributed by atoms with E-state index in [1.54, 1.807) is 0 Å². The van der Waals surface area contributed by atoms with Gasteiger partial charge in [0.2, 0.25) is 0 Å². The zero-order valence-corrected chi connectivity index (χ0v) is 52.5. The fourth-order valence-corrected chi connectivity index (χ4v) is 10.3. The number of carbonyl (C=O) groups is 3. The molecular weight excluding hydrogens is 961 g/mol. The average molecular weight is 1090 g/mol. The van der Waals surface area contributed by atoms with Crippen molar-refractivity contribution in [2.45, 2.75) is 380 Å². The molecule has 0 amide bonds. The largest absolute Gasteiger partial charge is 0.462 e. The molecule has 0 bridgehead atoms. The molecule has 0 rings (SSSR count). The van der Waals surface area contributed by atoms with Crippen molar-refractivity contribution in [3.05, 3.63) is 48.6 Å². The van der Waals surface area contributed by atoms with Gasteiger partial charge in [-0.1, -0.05) is 320 Å². The first-order valence-corrected chi connectivity index (χ1v) is 34.6. The molecule has 0 N–H and O–H groups in total. The molecule has 6 heteroatoms. The lowest BCUT2D eigenvalue weighted by Gasteiger charge is -2.18. The van der Waals surface area contributed by atoms with Crippen molar-refractivity contribution in [2.24, 2.45) is 0 Å². The van der Waals surface area contributed by atoms with Crippen LogP contribution in [0.15, 0.2) is 48.6 Å². The molecule has 0 aromatic carbocycles. The number of hydrogen-bond donors (Lipinski definition) is 0. The first-order chi connectivity index (χ1) is 38.5. The van der Waals surface area contributed by atoms with Crippen molar-refractivity contribution < 1.29 is 28.6 Å². The highest BCUT2D eigenvalue weighted by Crippen LogP contribution is 2.18. The predicted molar refractivity (Wildman–Crippen MR) is 339 cm³/mol. The maximum Gasteiger partial charge on any atom is 0.306 e. The molecule has 0 spiro atoms. The van der Waals surface area contributed by atoms with Crippen LogP contribution in [0, 0.1) is 0 Å². The minimum atomic E-state index is -0.777. The Bertz CT molecular complexity index is 1350. The van der Waals surface area contributed by atoms with Gasteiger partial charge in [-0.2, -0.15) is 0 Å². The van der Waals surface area contributed by atoms with Crippen molar-refractivity contribution in [3.63, 3.8) is 0 Å². The summed E-state index contributed by atoms with van der Waals surface area (Å²) in [5.41, 5.74) is 0. The van der Waals surface area contributed by atoms with Gasteiger partial charge in [0, 0.05) is 19.3 Å². The molecule has 0 fully saturated rings. The maximum atomic E-state index is 13.0. The summed E-state index contributed by atoms with van der Waals surface area (Å²) in [6.07, 6.45) is 84.1. The molecule has 0 aliphatic carbocycles. The van der Waals surface area contributed by atoms with Gasteiger partial charge in [0.05, 0.1) is 0 Å². The van der Waals surface area contributed by atoms with Gasteiger partial charge in [0.25, 0.3) is 0 Å². The van der Waals surface area contributed by atoms with Crippen molar-refractivity contribution >= 4 is 17.9 Å². The second-order valence-electron chi connectivity index (χ2n) is 23.4. The third kappa shape index (κ3) is 64.2. The summed E-state index contributed by atoms with van der Waals surface area (Å²) in [5.74, 6) is -0.856. The molecule has 456 valence electrons. The van der Waals surface area contributed by atoms with Gasteiger partial charge >= 0.3 is 17.9 Å². The minimum Gasteiger partial charge on any atom is -0.462 e. The standard InChI is InChI=1S/C72H132O6/c1-4-7-10-13-16-19-22-25-28-31-33-35-36-37-39-41-44-47-50-53-56-59-62-65-71(74)77-68-69(67-76-70(73)64-61-58-55-52-49-46-43-40-30-27-24-21-18-15-12-9-6-3)78-72(75)66-63-60-57-54-51-48-45-42-38-34-32-29-26-23-20-17-14-11-8-5-2/h18,21-22,25,27,30-31,33,69H,4-17,19-20,23-24,26,28-29,32,34-68H2,1-3H3/b21-18-,25-22-,30-27-,33-31-. The van der Waals surface area contributed by atoms with E-state index in [0.29, 0.717) is 19.3 Å². The molecule has 1 atom stereocenters. The second-order valence-corrected chi connectivity index (χ2v) is 23.4. The molecule has 0 aromatic heterocycles. The summed E-state index contributed by atoms with van der Waals surface area (Å²) >= 11 is 0. The van der Waals surface area contributed by atoms with Gasteiger partial charge in [0.15, 0.2) is 6.10 Å². The molecule has 6 nitrogen and oxygen atoms in total. The van der Waals surface area contributed by atoms with E-state index in [9.17, 15) is 14.4 Å². The Kier molecular flexibility index (Phi) is 64.6. The van der Waals surface area contributed by atoms with Gasteiger partial charge in [-0.25, -0.2) is 0 Å². The van der Waals surface area contributed by atoms with E-state index in [2.05, 4.69) is 69.4 Å². The van der Waals surface area contributed by atoms with Crippen LogP contribution in [0.3, 0.4) is 0 Å². The summed E-state index contributed by atoms with van der Waals surface area (Å²) < 4.78 is 17.0. The van der Waals surface area contributed by atoms with Gasteiger partial charge in [-0.3, -0.25) is 14.4 Å². The van der Waals surface area contributed by atoms with Crippen LogP contribution in [-0.2, 0) is 28.6 Å². The lowest BCUT2D eigenvalue weighted by atomic mass is 10.0. The Hall–Kier alpha value is -2.63. The van der Waals surface area contributed by atoms with E-state index in [1.807, 2.05) is 0 Å². The Morgan fingerprint density at radius 2 is 0.462 bits per heavy atom. The summed E-state index contributed by atoms with van der Waals surface area (Å²) in [6.45, 7) is 6.67. The Labute approximate surface area is 486 Å². The van der Waals surface area contributed by atoms with Crippen LogP contribution in [-0.4, -0.2) is 37.2 Å². The quantitative estimate of drug-likeness (QED) is 0.0261. The first kappa shape index (κ1) is 75.4. The Morgan fingerprint density at radius 1 is 0.256 bits per heavy atom. The highest BCUT2D eigenvalue weighted by Gasteiger charge is 2.19. The number of ether oxygens (including phenoxy) is 3. The number of hydrogen-bond acceptors (Lipinski definition) is 6. The van der Waals surface area contributed by atoms with Crippen LogP contribution < -0.4 is 0 Å². The molecule has 0 saturated heterocycles. The predicted octanol–water partition coefficient (Wildman–Crippen LogP) is 23.7. The zero-order chi connectivity index (χ0) is 56.4. The van der Waals surface area contributed by atoms with Crippen LogP contribution in [0.5, 0.6) is 0 Å². The molecule has 0 aliphatic heterocycles. The van der Waals surface area contributed by atoms with E-state index >= 15 is 0 Å². The van der Waals surface area contributed by atoms with Crippen LogP contribution in [0.1, 0.15) is 374 Å². The van der Waals surface area contributed by atoms with E-state index in [1.165, 1.54) is 257 Å². The third-order valence-electron chi connectivity index (χ3n) is 15.6. The molecular formula is C72H132O6. The smallest absolute Gasteiger partial charge is 0.306 e. The Balaban J connectivity index is 4.32. The molecule has 0 saturated carbocycles. The maximum absolute atomic E-state index is 13.0. The number of allylic oxidation sites excluding steroid dienone is 8. The molecule has 78 heavy (non-hydrogen) atoms. The third-order valence-corrected chi connectivity index (χ3v) is 15.6. The van der Waals surface area contributed by atoms with E-state index in [4.69, 9.17) is 14.2 Å². The average Bonchev–Trinajstić information content (AvgIpc) is 3.44. The first-order valence-electron chi connectivity index (χ1n) is 34.6. The number of unbranched alkanes of at least 4 members (excludes halogenated alkanes) is 45. The lowest BCUT2D eigenvalue weighted by molar-refractivity contribution is -0.167. The van der Waals surface area contributed by atoms with Gasteiger partial charge in [-0.05, 0) is 83.5 Å². The summed E-state index contributed by atoms with van der Waals surface area (Å²) in [4.78, 5) is 38.4. The summed E-state index contributed by atoms with van der Waals surface area (Å²) in [5, 5.41) is 0. The lowest BCUT2D eigenvalue weighted by Crippen LogP contribution is -2.30. The van der Waals surface area contributed by atoms with Gasteiger partial charge < -0.3 is 14.2 Å². The number of esters is 3.